The van der Waals surface area contributed by atoms with Gasteiger partial charge in [-0.3, -0.25) is 9.69 Å². The number of amides is 1. The summed E-state index contributed by atoms with van der Waals surface area (Å²) in [5, 5.41) is 9.26. The van der Waals surface area contributed by atoms with Crippen molar-refractivity contribution in [2.45, 2.75) is 50.4 Å². The third-order valence-electron chi connectivity index (χ3n) is 8.74. The van der Waals surface area contributed by atoms with Gasteiger partial charge in [-0.05, 0) is 60.4 Å². The van der Waals surface area contributed by atoms with E-state index in [0.717, 1.165) is 81.0 Å². The molecule has 1 aliphatic carbocycles. The van der Waals surface area contributed by atoms with E-state index < -0.39 is 12.1 Å². The summed E-state index contributed by atoms with van der Waals surface area (Å²) in [7, 11) is 0. The van der Waals surface area contributed by atoms with E-state index in [1.54, 1.807) is 0 Å². The van der Waals surface area contributed by atoms with Crippen molar-refractivity contribution >= 4 is 28.3 Å². The van der Waals surface area contributed by atoms with E-state index in [1.165, 1.54) is 31.4 Å². The molecule has 11 heteroatoms. The lowest BCUT2D eigenvalue weighted by molar-refractivity contribution is -0.192. The molecule has 2 aliphatic heterocycles. The van der Waals surface area contributed by atoms with Gasteiger partial charge < -0.3 is 24.4 Å². The minimum atomic E-state index is -5.08. The molecule has 3 aromatic carbocycles. The highest BCUT2D eigenvalue weighted by atomic mass is 19.4. The van der Waals surface area contributed by atoms with Gasteiger partial charge in [-0.1, -0.05) is 49.2 Å². The molecule has 0 radical (unpaired) electrons. The fourth-order valence-electron chi connectivity index (χ4n) is 6.42. The number of hydrogen-bond acceptors (Lipinski definition) is 6. The maximum atomic E-state index is 13.3. The van der Waals surface area contributed by atoms with Gasteiger partial charge in [0, 0.05) is 56.6 Å². The Kier molecular flexibility index (Phi) is 10.8. The Morgan fingerprint density at radius 2 is 1.58 bits per heavy atom. The minimum absolute atomic E-state index is 0.126. The van der Waals surface area contributed by atoms with Gasteiger partial charge in [0.05, 0.1) is 19.3 Å². The number of halogens is 3. The van der Waals surface area contributed by atoms with Gasteiger partial charge in [0.2, 0.25) is 0 Å². The lowest BCUT2D eigenvalue weighted by Gasteiger charge is -2.43. The van der Waals surface area contributed by atoms with Crippen molar-refractivity contribution in [1.29, 1.82) is 0 Å². The predicted molar refractivity (Wildman–Crippen MR) is 166 cm³/mol. The predicted octanol–water partition coefficient (Wildman–Crippen LogP) is 5.85. The highest BCUT2D eigenvalue weighted by molar-refractivity contribution is 6.07. The number of carbonyl (C=O) groups excluding carboxylic acids is 1. The molecule has 6 rings (SSSR count). The first-order chi connectivity index (χ1) is 21.7. The monoisotopic (exact) mass is 627 g/mol. The standard InChI is InChI=1S/C32H39N3O3.C2HF3O2/c36-32(29-10-5-8-25-7-1-2-9-28(25)29)35-20-18-33(19-21-35)26-13-15-27(16-14-26)37-23-6-17-34-22-24-38-31-12-4-3-11-30(31)34;3-2(4,5)1(6)7/h1-2,5,7-10,13-16,30-31H,3-4,6,11-12,17-24H2;(H,6,7). The molecule has 1 N–H and O–H groups in total. The van der Waals surface area contributed by atoms with Crippen LogP contribution in [0.5, 0.6) is 5.75 Å². The van der Waals surface area contributed by atoms with Gasteiger partial charge in [-0.2, -0.15) is 13.2 Å². The molecule has 2 heterocycles. The van der Waals surface area contributed by atoms with Gasteiger partial charge >= 0.3 is 12.1 Å². The third kappa shape index (κ3) is 8.46. The number of carboxylic acid groups (broad SMARTS) is 1. The van der Waals surface area contributed by atoms with Crippen LogP contribution in [-0.2, 0) is 9.53 Å². The van der Waals surface area contributed by atoms with Gasteiger partial charge in [0.25, 0.3) is 5.91 Å². The molecular formula is C34H40F3N3O5. The van der Waals surface area contributed by atoms with E-state index >= 15 is 0 Å². The topological polar surface area (TPSA) is 82.5 Å². The number of anilines is 1. The number of rotatable bonds is 7. The van der Waals surface area contributed by atoms with Crippen molar-refractivity contribution in [2.24, 2.45) is 0 Å². The quantitative estimate of drug-likeness (QED) is 0.329. The number of aliphatic carboxylic acids is 1. The van der Waals surface area contributed by atoms with Crippen molar-refractivity contribution in [1.82, 2.24) is 9.80 Å². The number of fused-ring (bicyclic) bond motifs is 2. The van der Waals surface area contributed by atoms with Crippen molar-refractivity contribution in [3.63, 3.8) is 0 Å². The van der Waals surface area contributed by atoms with Crippen LogP contribution in [0, 0.1) is 0 Å². The molecule has 0 spiro atoms. The molecule has 3 aliphatic rings. The largest absolute Gasteiger partial charge is 0.494 e. The molecule has 1 amide bonds. The first kappa shape index (κ1) is 32.6. The zero-order valence-electron chi connectivity index (χ0n) is 25.3. The van der Waals surface area contributed by atoms with E-state index in [2.05, 4.69) is 46.2 Å². The molecule has 3 aromatic rings. The van der Waals surface area contributed by atoms with Crippen LogP contribution in [0.4, 0.5) is 18.9 Å². The van der Waals surface area contributed by atoms with Crippen LogP contribution >= 0.6 is 0 Å². The number of benzene rings is 3. The van der Waals surface area contributed by atoms with Crippen LogP contribution in [0.3, 0.4) is 0 Å². The van der Waals surface area contributed by atoms with Gasteiger partial charge in [0.1, 0.15) is 5.75 Å². The average molecular weight is 628 g/mol. The number of carboxylic acids is 1. The molecule has 2 saturated heterocycles. The maximum absolute atomic E-state index is 13.3. The maximum Gasteiger partial charge on any atom is 0.490 e. The van der Waals surface area contributed by atoms with Gasteiger partial charge in [-0.25, -0.2) is 4.79 Å². The molecule has 2 unspecified atom stereocenters. The Labute approximate surface area is 261 Å². The molecule has 2 atom stereocenters. The molecule has 3 fully saturated rings. The van der Waals surface area contributed by atoms with Crippen LogP contribution in [0.2, 0.25) is 0 Å². The van der Waals surface area contributed by atoms with Crippen molar-refractivity contribution in [3.8, 4) is 5.75 Å². The van der Waals surface area contributed by atoms with E-state index in [9.17, 15) is 18.0 Å². The molecular weight excluding hydrogens is 587 g/mol. The Bertz CT molecular complexity index is 1420. The van der Waals surface area contributed by atoms with E-state index in [1.807, 2.05) is 35.2 Å². The Balaban J connectivity index is 0.000000515. The van der Waals surface area contributed by atoms with E-state index in [0.29, 0.717) is 12.1 Å². The van der Waals surface area contributed by atoms with Gasteiger partial charge in [-0.15, -0.1) is 0 Å². The third-order valence-corrected chi connectivity index (χ3v) is 8.74. The SMILES string of the molecule is O=C(O)C(F)(F)F.O=C(c1cccc2ccccc12)N1CCN(c2ccc(OCCCN3CCOC4CCCCC43)cc2)CC1. The molecule has 0 aromatic heterocycles. The Hall–Kier alpha value is -3.83. The van der Waals surface area contributed by atoms with Crippen molar-refractivity contribution < 1.29 is 37.3 Å². The molecule has 45 heavy (non-hydrogen) atoms. The molecule has 8 nitrogen and oxygen atoms in total. The fourth-order valence-corrected chi connectivity index (χ4v) is 6.42. The summed E-state index contributed by atoms with van der Waals surface area (Å²) < 4.78 is 43.8. The summed E-state index contributed by atoms with van der Waals surface area (Å²) >= 11 is 0. The van der Waals surface area contributed by atoms with Crippen LogP contribution in [0.1, 0.15) is 42.5 Å². The van der Waals surface area contributed by atoms with Crippen LogP contribution in [-0.4, -0.2) is 97.6 Å². The number of nitrogens with zero attached hydrogens (tertiary/aromatic N) is 3. The lowest BCUT2D eigenvalue weighted by Crippen LogP contribution is -2.52. The Morgan fingerprint density at radius 1 is 0.889 bits per heavy atom. The Morgan fingerprint density at radius 3 is 2.31 bits per heavy atom. The van der Waals surface area contributed by atoms with Crippen molar-refractivity contribution in [3.05, 3.63) is 72.3 Å². The zero-order chi connectivity index (χ0) is 31.8. The summed E-state index contributed by atoms with van der Waals surface area (Å²) in [5.41, 5.74) is 1.98. The van der Waals surface area contributed by atoms with Crippen LogP contribution < -0.4 is 9.64 Å². The number of carbonyl (C=O) groups is 2. The summed E-state index contributed by atoms with van der Waals surface area (Å²) in [5.74, 6) is -1.70. The average Bonchev–Trinajstić information content (AvgIpc) is 3.06. The number of piperazine rings is 1. The fraction of sp³-hybridized carbons (Fsp3) is 0.471. The summed E-state index contributed by atoms with van der Waals surface area (Å²) in [4.78, 5) is 29.1. The first-order valence-corrected chi connectivity index (χ1v) is 15.6. The van der Waals surface area contributed by atoms with E-state index in [-0.39, 0.29) is 5.91 Å². The summed E-state index contributed by atoms with van der Waals surface area (Å²) in [6, 6.07) is 23.2. The van der Waals surface area contributed by atoms with E-state index in [4.69, 9.17) is 19.4 Å². The first-order valence-electron chi connectivity index (χ1n) is 15.6. The normalized spacial score (nSPS) is 20.6. The van der Waals surface area contributed by atoms with Crippen LogP contribution in [0.15, 0.2) is 66.7 Å². The zero-order valence-corrected chi connectivity index (χ0v) is 25.3. The van der Waals surface area contributed by atoms with Crippen LogP contribution in [0.25, 0.3) is 10.8 Å². The second kappa shape index (κ2) is 15.0. The van der Waals surface area contributed by atoms with Crippen molar-refractivity contribution in [2.75, 3.05) is 57.4 Å². The number of morpholine rings is 1. The minimum Gasteiger partial charge on any atom is -0.494 e. The smallest absolute Gasteiger partial charge is 0.490 e. The number of ether oxygens (including phenoxy) is 2. The molecule has 242 valence electrons. The lowest BCUT2D eigenvalue weighted by atomic mass is 9.90. The number of alkyl halides is 3. The highest BCUT2D eigenvalue weighted by Crippen LogP contribution is 2.29. The number of hydrogen-bond donors (Lipinski definition) is 1. The highest BCUT2D eigenvalue weighted by Gasteiger charge is 2.38. The summed E-state index contributed by atoms with van der Waals surface area (Å²) in [6.07, 6.45) is 1.55. The molecule has 0 bridgehead atoms. The second-order valence-electron chi connectivity index (χ2n) is 11.6. The molecule has 1 saturated carbocycles. The summed E-state index contributed by atoms with van der Waals surface area (Å²) in [6.45, 7) is 6.86. The van der Waals surface area contributed by atoms with Gasteiger partial charge in [0.15, 0.2) is 0 Å². The second-order valence-corrected chi connectivity index (χ2v) is 11.6.